The number of rotatable bonds is 3. The van der Waals surface area contributed by atoms with Crippen LogP contribution in [0.15, 0.2) is 24.3 Å². The Hall–Kier alpha value is -1.06. The van der Waals surface area contributed by atoms with Gasteiger partial charge in [-0.2, -0.15) is 0 Å². The lowest BCUT2D eigenvalue weighted by atomic mass is 9.89. The molecular weight excluding hydrogens is 260 g/mol. The van der Waals surface area contributed by atoms with Crippen LogP contribution >= 0.6 is 0 Å². The summed E-state index contributed by atoms with van der Waals surface area (Å²) in [5, 5.41) is 13.9. The van der Waals surface area contributed by atoms with Crippen molar-refractivity contribution in [2.45, 2.75) is 63.6 Å². The minimum absolute atomic E-state index is 0.0972. The second kappa shape index (κ2) is 6.80. The molecule has 0 spiro atoms. The Bertz CT molecular complexity index is 454. The summed E-state index contributed by atoms with van der Waals surface area (Å²) in [6, 6.07) is 9.62. The number of likely N-dealkylation sites (tertiary alicyclic amines) is 1. The molecule has 116 valence electrons. The molecule has 1 aromatic carbocycles. The van der Waals surface area contributed by atoms with Crippen LogP contribution in [0.2, 0.25) is 0 Å². The molecule has 3 rings (SSSR count). The van der Waals surface area contributed by atoms with Gasteiger partial charge in [-0.15, -0.1) is 0 Å². The fourth-order valence-electron chi connectivity index (χ4n) is 3.86. The lowest BCUT2D eigenvalue weighted by Gasteiger charge is -2.41. The highest BCUT2D eigenvalue weighted by molar-refractivity contribution is 5.46. The van der Waals surface area contributed by atoms with Gasteiger partial charge in [0.05, 0.1) is 6.10 Å². The normalized spacial score (nSPS) is 28.5. The van der Waals surface area contributed by atoms with Gasteiger partial charge in [0.25, 0.3) is 0 Å². The topological polar surface area (TPSA) is 35.5 Å². The van der Waals surface area contributed by atoms with Crippen LogP contribution in [0.5, 0.6) is 0 Å². The Morgan fingerprint density at radius 3 is 2.57 bits per heavy atom. The van der Waals surface area contributed by atoms with E-state index >= 15 is 0 Å². The van der Waals surface area contributed by atoms with E-state index in [-0.39, 0.29) is 6.10 Å². The van der Waals surface area contributed by atoms with Crippen LogP contribution in [0, 0.1) is 6.92 Å². The fraction of sp³-hybridized carbons (Fsp3) is 0.667. The largest absolute Gasteiger partial charge is 0.391 e. The number of nitrogens with zero attached hydrogens (tertiary/aromatic N) is 1. The maximum absolute atomic E-state index is 10.2. The van der Waals surface area contributed by atoms with Gasteiger partial charge in [-0.3, -0.25) is 4.90 Å². The molecule has 1 saturated carbocycles. The van der Waals surface area contributed by atoms with Gasteiger partial charge >= 0.3 is 0 Å². The first-order chi connectivity index (χ1) is 10.2. The summed E-state index contributed by atoms with van der Waals surface area (Å²) in [5.74, 6) is 0. The molecule has 21 heavy (non-hydrogen) atoms. The Kier molecular flexibility index (Phi) is 4.81. The minimum atomic E-state index is -0.0972. The molecule has 2 N–H and O–H groups in total. The van der Waals surface area contributed by atoms with Gasteiger partial charge in [0.15, 0.2) is 0 Å². The standard InChI is InChI=1S/C18H28N2O/c1-14-5-4-6-16(13-14)19-15-9-11-20(12-10-15)17-7-2-3-8-18(17)21/h4-6,13,15,17-19,21H,2-3,7-12H2,1H3. The third-order valence-electron chi connectivity index (χ3n) is 5.08. The highest BCUT2D eigenvalue weighted by atomic mass is 16.3. The summed E-state index contributed by atoms with van der Waals surface area (Å²) < 4.78 is 0. The Morgan fingerprint density at radius 2 is 1.86 bits per heavy atom. The van der Waals surface area contributed by atoms with E-state index in [1.54, 1.807) is 0 Å². The van der Waals surface area contributed by atoms with Gasteiger partial charge in [0, 0.05) is 30.9 Å². The van der Waals surface area contributed by atoms with Crippen molar-refractivity contribution in [1.82, 2.24) is 4.90 Å². The third-order valence-corrected chi connectivity index (χ3v) is 5.08. The second-order valence-corrected chi connectivity index (χ2v) is 6.74. The second-order valence-electron chi connectivity index (χ2n) is 6.74. The van der Waals surface area contributed by atoms with Crippen LogP contribution in [-0.4, -0.2) is 41.3 Å². The van der Waals surface area contributed by atoms with Crippen LogP contribution in [0.25, 0.3) is 0 Å². The number of hydrogen-bond acceptors (Lipinski definition) is 3. The van der Waals surface area contributed by atoms with Crippen LogP contribution < -0.4 is 5.32 Å². The monoisotopic (exact) mass is 288 g/mol. The zero-order chi connectivity index (χ0) is 14.7. The summed E-state index contributed by atoms with van der Waals surface area (Å²) in [7, 11) is 0. The van der Waals surface area contributed by atoms with Gasteiger partial charge < -0.3 is 10.4 Å². The third kappa shape index (κ3) is 3.78. The molecule has 1 aromatic rings. The van der Waals surface area contributed by atoms with Gasteiger partial charge in [-0.25, -0.2) is 0 Å². The van der Waals surface area contributed by atoms with E-state index in [4.69, 9.17) is 0 Å². The molecule has 2 aliphatic rings. The van der Waals surface area contributed by atoms with E-state index in [0.717, 1.165) is 19.5 Å². The van der Waals surface area contributed by atoms with Crippen molar-refractivity contribution < 1.29 is 5.11 Å². The molecular formula is C18H28N2O. The summed E-state index contributed by atoms with van der Waals surface area (Å²) in [4.78, 5) is 2.53. The first kappa shape index (κ1) is 14.9. The Labute approximate surface area is 128 Å². The summed E-state index contributed by atoms with van der Waals surface area (Å²) >= 11 is 0. The number of hydrogen-bond donors (Lipinski definition) is 2. The van der Waals surface area contributed by atoms with Gasteiger partial charge in [-0.1, -0.05) is 25.0 Å². The molecule has 3 nitrogen and oxygen atoms in total. The predicted octanol–water partition coefficient (Wildman–Crippen LogP) is 3.17. The van der Waals surface area contributed by atoms with Crippen LogP contribution in [0.3, 0.4) is 0 Å². The number of nitrogens with one attached hydrogen (secondary N) is 1. The molecule has 1 saturated heterocycles. The van der Waals surface area contributed by atoms with Crippen LogP contribution in [-0.2, 0) is 0 Å². The molecule has 0 amide bonds. The Balaban J connectivity index is 1.50. The zero-order valence-electron chi connectivity index (χ0n) is 13.1. The van der Waals surface area contributed by atoms with Crippen molar-refractivity contribution in [3.8, 4) is 0 Å². The van der Waals surface area contributed by atoms with Crippen LogP contribution in [0.4, 0.5) is 5.69 Å². The van der Waals surface area contributed by atoms with Crippen molar-refractivity contribution in [2.75, 3.05) is 18.4 Å². The van der Waals surface area contributed by atoms with E-state index in [2.05, 4.69) is 41.4 Å². The van der Waals surface area contributed by atoms with Crippen molar-refractivity contribution in [2.24, 2.45) is 0 Å². The summed E-state index contributed by atoms with van der Waals surface area (Å²) in [6.45, 7) is 4.37. The van der Waals surface area contributed by atoms with Gasteiger partial charge in [0.1, 0.15) is 0 Å². The lowest BCUT2D eigenvalue weighted by Crippen LogP contribution is -2.50. The smallest absolute Gasteiger partial charge is 0.0695 e. The highest BCUT2D eigenvalue weighted by Gasteiger charge is 2.31. The highest BCUT2D eigenvalue weighted by Crippen LogP contribution is 2.26. The number of aryl methyl sites for hydroxylation is 1. The maximum atomic E-state index is 10.2. The quantitative estimate of drug-likeness (QED) is 0.897. The molecule has 1 aliphatic carbocycles. The number of anilines is 1. The van der Waals surface area contributed by atoms with Crippen molar-refractivity contribution in [1.29, 1.82) is 0 Å². The molecule has 0 aromatic heterocycles. The van der Waals surface area contributed by atoms with E-state index in [1.165, 1.54) is 43.4 Å². The summed E-state index contributed by atoms with van der Waals surface area (Å²) in [5.41, 5.74) is 2.55. The molecule has 1 heterocycles. The number of aliphatic hydroxyl groups is 1. The molecule has 2 atom stereocenters. The summed E-state index contributed by atoms with van der Waals surface area (Å²) in [6.07, 6.45) is 6.91. The number of piperidine rings is 1. The zero-order valence-corrected chi connectivity index (χ0v) is 13.1. The van der Waals surface area contributed by atoms with E-state index in [1.807, 2.05) is 0 Å². The van der Waals surface area contributed by atoms with E-state index in [0.29, 0.717) is 12.1 Å². The van der Waals surface area contributed by atoms with Gasteiger partial charge in [-0.05, 0) is 50.3 Å². The first-order valence-corrected chi connectivity index (χ1v) is 8.48. The predicted molar refractivity (Wildman–Crippen MR) is 87.7 cm³/mol. The van der Waals surface area contributed by atoms with Crippen LogP contribution in [0.1, 0.15) is 44.1 Å². The fourth-order valence-corrected chi connectivity index (χ4v) is 3.86. The molecule has 3 heteroatoms. The maximum Gasteiger partial charge on any atom is 0.0695 e. The number of aliphatic hydroxyl groups excluding tert-OH is 1. The lowest BCUT2D eigenvalue weighted by molar-refractivity contribution is 0.00994. The van der Waals surface area contributed by atoms with Crippen molar-refractivity contribution >= 4 is 5.69 Å². The average Bonchev–Trinajstić information content (AvgIpc) is 2.49. The van der Waals surface area contributed by atoms with Crippen molar-refractivity contribution in [3.63, 3.8) is 0 Å². The first-order valence-electron chi connectivity index (χ1n) is 8.48. The molecule has 2 unspecified atom stereocenters. The average molecular weight is 288 g/mol. The van der Waals surface area contributed by atoms with E-state index < -0.39 is 0 Å². The molecule has 0 bridgehead atoms. The molecule has 1 aliphatic heterocycles. The SMILES string of the molecule is Cc1cccc(NC2CCN(C3CCCCC3O)CC2)c1. The van der Waals surface area contributed by atoms with Crippen molar-refractivity contribution in [3.05, 3.63) is 29.8 Å². The van der Waals surface area contributed by atoms with E-state index in [9.17, 15) is 5.11 Å². The molecule has 0 radical (unpaired) electrons. The Morgan fingerprint density at radius 1 is 1.10 bits per heavy atom. The molecule has 2 fully saturated rings. The minimum Gasteiger partial charge on any atom is -0.391 e. The van der Waals surface area contributed by atoms with Gasteiger partial charge in [0.2, 0.25) is 0 Å². The number of benzene rings is 1.